The Balaban J connectivity index is 2.09. The molecular formula is C30H50O7. The van der Waals surface area contributed by atoms with E-state index in [0.29, 0.717) is 12.0 Å². The van der Waals surface area contributed by atoms with E-state index in [1.165, 1.54) is 96.0 Å². The molecule has 4 N–H and O–H groups in total. The number of aromatic hydroxyl groups is 1. The molecular weight excluding hydrogens is 472 g/mol. The zero-order valence-corrected chi connectivity index (χ0v) is 22.9. The second kappa shape index (κ2) is 20.9. The van der Waals surface area contributed by atoms with Gasteiger partial charge in [-0.2, -0.15) is 0 Å². The third-order valence-electron chi connectivity index (χ3n) is 6.65. The Kier molecular flexibility index (Phi) is 18.6. The maximum absolute atomic E-state index is 11.9. The number of esters is 1. The summed E-state index contributed by atoms with van der Waals surface area (Å²) in [6.07, 6.45) is 16.7. The summed E-state index contributed by atoms with van der Waals surface area (Å²) in [4.78, 5) is 11.9. The fourth-order valence-electron chi connectivity index (χ4n) is 4.25. The number of hydrogen-bond donors (Lipinski definition) is 4. The largest absolute Gasteiger partial charge is 0.504 e. The number of benzene rings is 1. The number of phenols is 1. The van der Waals surface area contributed by atoms with Crippen LogP contribution in [0, 0.1) is 0 Å². The molecule has 0 unspecified atom stereocenters. The number of carbonyl (C=O) groups excluding carboxylic acids is 1. The van der Waals surface area contributed by atoms with Gasteiger partial charge in [-0.25, -0.2) is 4.79 Å². The molecule has 0 saturated carbocycles. The lowest BCUT2D eigenvalue weighted by atomic mass is 10.0. The standard InChI is InChI=1S/C30H50O7/c1-3-4-5-6-7-8-9-10-11-12-13-14-15-16-17-26(32)30(35)27(33)23-37-29(34)21-19-24-18-20-25(31)28(22-24)36-2/h18-22,26-27,30-33,35H,3-17,23H2,1-2H3/b21-19+/t26-,27+,30+/m1/s1. The van der Waals surface area contributed by atoms with Crippen molar-refractivity contribution in [1.82, 2.24) is 0 Å². The van der Waals surface area contributed by atoms with Crippen molar-refractivity contribution in [3.8, 4) is 11.5 Å². The van der Waals surface area contributed by atoms with E-state index in [-0.39, 0.29) is 11.5 Å². The number of rotatable bonds is 22. The second-order valence-corrected chi connectivity index (χ2v) is 9.90. The van der Waals surface area contributed by atoms with Crippen molar-refractivity contribution in [3.63, 3.8) is 0 Å². The van der Waals surface area contributed by atoms with Gasteiger partial charge in [-0.05, 0) is 30.2 Å². The molecule has 1 rings (SSSR count). The maximum Gasteiger partial charge on any atom is 0.330 e. The molecule has 0 spiro atoms. The summed E-state index contributed by atoms with van der Waals surface area (Å²) in [5, 5.41) is 40.0. The molecule has 0 fully saturated rings. The average molecular weight is 523 g/mol. The first-order valence-corrected chi connectivity index (χ1v) is 14.1. The van der Waals surface area contributed by atoms with Crippen LogP contribution in [-0.4, -0.2) is 58.4 Å². The number of unbranched alkanes of at least 4 members (excludes halogenated alkanes) is 13. The normalized spacial score (nSPS) is 14.0. The Morgan fingerprint density at radius 2 is 1.38 bits per heavy atom. The molecule has 0 aliphatic carbocycles. The summed E-state index contributed by atoms with van der Waals surface area (Å²) in [5.74, 6) is -0.423. The Bertz CT molecular complexity index is 749. The van der Waals surface area contributed by atoms with Crippen molar-refractivity contribution in [2.75, 3.05) is 13.7 Å². The van der Waals surface area contributed by atoms with Crippen LogP contribution in [0.15, 0.2) is 24.3 Å². The first-order valence-electron chi connectivity index (χ1n) is 14.1. The number of hydrogen-bond acceptors (Lipinski definition) is 7. The van der Waals surface area contributed by atoms with E-state index in [0.717, 1.165) is 19.3 Å². The smallest absolute Gasteiger partial charge is 0.330 e. The van der Waals surface area contributed by atoms with Crippen LogP contribution in [0.3, 0.4) is 0 Å². The van der Waals surface area contributed by atoms with Gasteiger partial charge in [0.2, 0.25) is 0 Å². The van der Waals surface area contributed by atoms with Gasteiger partial charge in [-0.1, -0.05) is 103 Å². The molecule has 3 atom stereocenters. The summed E-state index contributed by atoms with van der Waals surface area (Å²) < 4.78 is 9.99. The summed E-state index contributed by atoms with van der Waals surface area (Å²) in [6, 6.07) is 4.61. The van der Waals surface area contributed by atoms with Gasteiger partial charge < -0.3 is 29.9 Å². The van der Waals surface area contributed by atoms with Crippen molar-refractivity contribution >= 4 is 12.0 Å². The monoisotopic (exact) mass is 522 g/mol. The number of aliphatic hydroxyl groups is 3. The van der Waals surface area contributed by atoms with Crippen molar-refractivity contribution in [2.24, 2.45) is 0 Å². The van der Waals surface area contributed by atoms with Crippen molar-refractivity contribution in [2.45, 2.75) is 122 Å². The predicted octanol–water partition coefficient (Wildman–Crippen LogP) is 5.91. The molecule has 0 heterocycles. The predicted molar refractivity (Wildman–Crippen MR) is 148 cm³/mol. The van der Waals surface area contributed by atoms with E-state index in [2.05, 4.69) is 6.92 Å². The minimum Gasteiger partial charge on any atom is -0.504 e. The van der Waals surface area contributed by atoms with Gasteiger partial charge in [0.1, 0.15) is 18.8 Å². The molecule has 0 aromatic heterocycles. The molecule has 7 heteroatoms. The van der Waals surface area contributed by atoms with Crippen LogP contribution in [-0.2, 0) is 9.53 Å². The Morgan fingerprint density at radius 3 is 1.92 bits per heavy atom. The highest BCUT2D eigenvalue weighted by atomic mass is 16.5. The van der Waals surface area contributed by atoms with Gasteiger partial charge in [0.25, 0.3) is 0 Å². The minimum atomic E-state index is -1.37. The maximum atomic E-state index is 11.9. The lowest BCUT2D eigenvalue weighted by molar-refractivity contribution is -0.146. The van der Waals surface area contributed by atoms with E-state index in [4.69, 9.17) is 9.47 Å². The van der Waals surface area contributed by atoms with Gasteiger partial charge >= 0.3 is 5.97 Å². The van der Waals surface area contributed by atoms with Crippen molar-refractivity contribution in [1.29, 1.82) is 0 Å². The van der Waals surface area contributed by atoms with Crippen LogP contribution in [0.4, 0.5) is 0 Å². The highest BCUT2D eigenvalue weighted by Gasteiger charge is 2.25. The Hall–Kier alpha value is -2.09. The van der Waals surface area contributed by atoms with E-state index in [1.807, 2.05) is 0 Å². The highest BCUT2D eigenvalue weighted by molar-refractivity contribution is 5.87. The van der Waals surface area contributed by atoms with Gasteiger partial charge in [0.15, 0.2) is 11.5 Å². The van der Waals surface area contributed by atoms with Gasteiger partial charge in [-0.15, -0.1) is 0 Å². The quantitative estimate of drug-likeness (QED) is 0.0849. The number of aliphatic hydroxyl groups excluding tert-OH is 3. The van der Waals surface area contributed by atoms with Gasteiger partial charge in [0.05, 0.1) is 13.2 Å². The summed E-state index contributed by atoms with van der Waals surface area (Å²) in [6.45, 7) is 1.83. The highest BCUT2D eigenvalue weighted by Crippen LogP contribution is 2.26. The third-order valence-corrected chi connectivity index (χ3v) is 6.65. The number of ether oxygens (including phenoxy) is 2. The molecule has 0 bridgehead atoms. The second-order valence-electron chi connectivity index (χ2n) is 9.90. The number of carbonyl (C=O) groups is 1. The number of methoxy groups -OCH3 is 1. The summed E-state index contributed by atoms with van der Waals surface area (Å²) in [7, 11) is 1.43. The van der Waals surface area contributed by atoms with E-state index in [1.54, 1.807) is 12.1 Å². The first-order chi connectivity index (χ1) is 17.9. The third kappa shape index (κ3) is 15.7. The van der Waals surface area contributed by atoms with E-state index in [9.17, 15) is 25.2 Å². The topological polar surface area (TPSA) is 116 Å². The Labute approximate surface area is 223 Å². The van der Waals surface area contributed by atoms with Crippen molar-refractivity contribution in [3.05, 3.63) is 29.8 Å². The molecule has 0 amide bonds. The van der Waals surface area contributed by atoms with Crippen LogP contribution >= 0.6 is 0 Å². The van der Waals surface area contributed by atoms with Crippen LogP contribution < -0.4 is 4.74 Å². The fourth-order valence-corrected chi connectivity index (χ4v) is 4.25. The molecule has 37 heavy (non-hydrogen) atoms. The molecule has 0 aliphatic rings. The summed E-state index contributed by atoms with van der Waals surface area (Å²) in [5.41, 5.74) is 0.621. The lowest BCUT2D eigenvalue weighted by Gasteiger charge is -2.22. The average Bonchev–Trinajstić information content (AvgIpc) is 2.90. The molecule has 7 nitrogen and oxygen atoms in total. The van der Waals surface area contributed by atoms with Crippen LogP contribution in [0.25, 0.3) is 6.08 Å². The summed E-state index contributed by atoms with van der Waals surface area (Å²) >= 11 is 0. The number of phenolic OH excluding ortho intramolecular Hbond substituents is 1. The van der Waals surface area contributed by atoms with Crippen molar-refractivity contribution < 1.29 is 34.7 Å². The zero-order chi connectivity index (χ0) is 27.3. The van der Waals surface area contributed by atoms with Gasteiger partial charge in [0, 0.05) is 6.08 Å². The van der Waals surface area contributed by atoms with Crippen LogP contribution in [0.2, 0.25) is 0 Å². The SMILES string of the molecule is CCCCCCCCCCCCCCCC[C@@H](O)[C@H](O)[C@@H](O)COC(=O)/C=C/c1ccc(O)c(OC)c1. The van der Waals surface area contributed by atoms with Crippen LogP contribution in [0.5, 0.6) is 11.5 Å². The Morgan fingerprint density at radius 1 is 0.838 bits per heavy atom. The lowest BCUT2D eigenvalue weighted by Crippen LogP contribution is -2.40. The molecule has 1 aromatic rings. The minimum absolute atomic E-state index is 0.00743. The van der Waals surface area contributed by atoms with Gasteiger partial charge in [-0.3, -0.25) is 0 Å². The first kappa shape index (κ1) is 32.9. The van der Waals surface area contributed by atoms with E-state index < -0.39 is 30.9 Å². The molecule has 0 aliphatic heterocycles. The molecule has 0 radical (unpaired) electrons. The zero-order valence-electron chi connectivity index (χ0n) is 22.9. The fraction of sp³-hybridized carbons (Fsp3) is 0.700. The van der Waals surface area contributed by atoms with E-state index >= 15 is 0 Å². The molecule has 212 valence electrons. The van der Waals surface area contributed by atoms with Crippen LogP contribution in [0.1, 0.15) is 109 Å². The molecule has 0 saturated heterocycles. The molecule has 1 aromatic carbocycles.